The molecule has 2 aromatic heterocycles. The van der Waals surface area contributed by atoms with Crippen LogP contribution in [0.1, 0.15) is 22.3 Å². The van der Waals surface area contributed by atoms with Crippen LogP contribution >= 0.6 is 0 Å². The molecule has 296 valence electrons. The second-order valence-electron chi connectivity index (χ2n) is 16.5. The van der Waals surface area contributed by atoms with Crippen molar-refractivity contribution in [2.24, 2.45) is 0 Å². The molecule has 0 spiro atoms. The van der Waals surface area contributed by atoms with Gasteiger partial charge in [-0.15, -0.1) is 0 Å². The predicted octanol–water partition coefficient (Wildman–Crippen LogP) is 15.6. The highest BCUT2D eigenvalue weighted by Gasteiger charge is 2.38. The van der Waals surface area contributed by atoms with Gasteiger partial charge in [0.25, 0.3) is 0 Å². The van der Waals surface area contributed by atoms with E-state index in [-0.39, 0.29) is 0 Å². The second kappa shape index (κ2) is 15.1. The van der Waals surface area contributed by atoms with Crippen molar-refractivity contribution in [3.8, 4) is 33.6 Å². The normalized spacial score (nSPS) is 11.8. The predicted molar refractivity (Wildman–Crippen MR) is 264 cm³/mol. The third-order valence-corrected chi connectivity index (χ3v) is 13.1. The lowest BCUT2D eigenvalue weighted by atomic mass is 9.65. The van der Waals surface area contributed by atoms with Gasteiger partial charge in [0.15, 0.2) is 0 Å². The number of benzene rings is 10. The summed E-state index contributed by atoms with van der Waals surface area (Å²) in [4.78, 5) is 0. The molecule has 0 saturated heterocycles. The van der Waals surface area contributed by atoms with E-state index in [4.69, 9.17) is 0 Å². The van der Waals surface area contributed by atoms with Crippen molar-refractivity contribution in [3.05, 3.63) is 277 Å². The molecule has 0 amide bonds. The minimum atomic E-state index is -0.487. The fraction of sp³-hybridized carbons (Fsp3) is 0.0164. The van der Waals surface area contributed by atoms with Crippen molar-refractivity contribution in [1.82, 2.24) is 9.13 Å². The van der Waals surface area contributed by atoms with E-state index in [1.54, 1.807) is 0 Å². The molecule has 0 bridgehead atoms. The zero-order valence-corrected chi connectivity index (χ0v) is 34.6. The summed E-state index contributed by atoms with van der Waals surface area (Å²) in [5.41, 5.74) is 16.3. The summed E-state index contributed by atoms with van der Waals surface area (Å²) in [7, 11) is 0. The van der Waals surface area contributed by atoms with Crippen LogP contribution < -0.4 is 0 Å². The van der Waals surface area contributed by atoms with Crippen molar-refractivity contribution >= 4 is 43.6 Å². The van der Waals surface area contributed by atoms with Crippen LogP contribution in [0.2, 0.25) is 0 Å². The molecule has 0 atom stereocenters. The Hall–Kier alpha value is -8.20. The molecular formula is C61H42N2. The first-order valence-corrected chi connectivity index (χ1v) is 21.8. The lowest BCUT2D eigenvalue weighted by Gasteiger charge is -2.37. The zero-order chi connectivity index (χ0) is 41.7. The fourth-order valence-electron chi connectivity index (χ4n) is 10.2. The minimum absolute atomic E-state index is 0.487. The summed E-state index contributed by atoms with van der Waals surface area (Å²) in [6.45, 7) is 0. The first-order valence-electron chi connectivity index (χ1n) is 21.8. The topological polar surface area (TPSA) is 9.86 Å². The molecule has 0 aliphatic heterocycles. The number of aromatic nitrogens is 2. The van der Waals surface area contributed by atoms with Crippen LogP contribution in [-0.4, -0.2) is 9.13 Å². The van der Waals surface area contributed by atoms with Crippen LogP contribution in [-0.2, 0) is 5.41 Å². The Morgan fingerprint density at radius 2 is 0.587 bits per heavy atom. The van der Waals surface area contributed by atoms with E-state index in [0.29, 0.717) is 0 Å². The highest BCUT2D eigenvalue weighted by molar-refractivity contribution is 6.12. The molecule has 12 aromatic rings. The van der Waals surface area contributed by atoms with Gasteiger partial charge in [-0.05, 0) is 105 Å². The highest BCUT2D eigenvalue weighted by atomic mass is 15.0. The van der Waals surface area contributed by atoms with E-state index in [1.165, 1.54) is 93.8 Å². The lowest BCUT2D eigenvalue weighted by Crippen LogP contribution is -2.30. The number of nitrogens with zero attached hydrogens (tertiary/aromatic N) is 2. The molecule has 12 rings (SSSR count). The van der Waals surface area contributed by atoms with Crippen molar-refractivity contribution < 1.29 is 0 Å². The van der Waals surface area contributed by atoms with Crippen molar-refractivity contribution in [1.29, 1.82) is 0 Å². The van der Waals surface area contributed by atoms with Crippen LogP contribution in [0.15, 0.2) is 255 Å². The Balaban J connectivity index is 0.953. The van der Waals surface area contributed by atoms with Gasteiger partial charge < -0.3 is 9.13 Å². The van der Waals surface area contributed by atoms with E-state index < -0.39 is 5.41 Å². The number of para-hydroxylation sites is 3. The second-order valence-corrected chi connectivity index (χ2v) is 16.5. The van der Waals surface area contributed by atoms with E-state index >= 15 is 0 Å². The average molecular weight is 803 g/mol. The van der Waals surface area contributed by atoms with Crippen molar-refractivity contribution in [2.75, 3.05) is 0 Å². The number of rotatable bonds is 8. The van der Waals surface area contributed by atoms with Crippen molar-refractivity contribution in [3.63, 3.8) is 0 Å². The quantitative estimate of drug-likeness (QED) is 0.135. The summed E-state index contributed by atoms with van der Waals surface area (Å²) in [6, 6.07) is 93.1. The molecule has 2 nitrogen and oxygen atoms in total. The Morgan fingerprint density at radius 3 is 1.10 bits per heavy atom. The van der Waals surface area contributed by atoms with Gasteiger partial charge in [-0.3, -0.25) is 0 Å². The monoisotopic (exact) mass is 802 g/mol. The highest BCUT2D eigenvalue weighted by Crippen LogP contribution is 2.46. The first kappa shape index (κ1) is 36.6. The van der Waals surface area contributed by atoms with Gasteiger partial charge in [-0.2, -0.15) is 0 Å². The van der Waals surface area contributed by atoms with Crippen LogP contribution in [0.3, 0.4) is 0 Å². The third-order valence-electron chi connectivity index (χ3n) is 13.1. The van der Waals surface area contributed by atoms with E-state index in [2.05, 4.69) is 264 Å². The average Bonchev–Trinajstić information content (AvgIpc) is 3.88. The summed E-state index contributed by atoms with van der Waals surface area (Å²) in [5, 5.41) is 4.99. The molecule has 0 aliphatic rings. The van der Waals surface area contributed by atoms with Crippen LogP contribution in [0.25, 0.3) is 77.2 Å². The molecular weight excluding hydrogens is 761 g/mol. The maximum absolute atomic E-state index is 2.42. The molecule has 0 aliphatic carbocycles. The standard InChI is InChI=1S/C61H42N2/c1-5-19-47(20-6-1)61(48-21-7-2-8-22-48,49-23-9-3-10-24-49)50-36-32-43(33-37-50)44-18-17-27-52(40-44)63-58-31-16-14-29-54(58)56-42-46(35-39-60(56)63)45-34-38-59-55(41-45)53-28-13-15-30-57(53)62(59)51-25-11-4-12-26-51/h1-42H. The molecule has 2 heterocycles. The summed E-state index contributed by atoms with van der Waals surface area (Å²) >= 11 is 0. The van der Waals surface area contributed by atoms with E-state index in [9.17, 15) is 0 Å². The number of fused-ring (bicyclic) bond motifs is 6. The van der Waals surface area contributed by atoms with Gasteiger partial charge in [0.1, 0.15) is 0 Å². The summed E-state index contributed by atoms with van der Waals surface area (Å²) in [6.07, 6.45) is 0. The maximum atomic E-state index is 2.42. The lowest BCUT2D eigenvalue weighted by molar-refractivity contribution is 0.745. The summed E-state index contributed by atoms with van der Waals surface area (Å²) in [5.74, 6) is 0. The molecule has 0 N–H and O–H groups in total. The van der Waals surface area contributed by atoms with Gasteiger partial charge in [0.05, 0.1) is 27.5 Å². The van der Waals surface area contributed by atoms with Crippen molar-refractivity contribution in [2.45, 2.75) is 5.41 Å². The van der Waals surface area contributed by atoms with Crippen LogP contribution in [0.4, 0.5) is 0 Å². The van der Waals surface area contributed by atoms with E-state index in [1.807, 2.05) is 0 Å². The number of hydrogen-bond acceptors (Lipinski definition) is 0. The molecule has 10 aromatic carbocycles. The van der Waals surface area contributed by atoms with Gasteiger partial charge in [-0.1, -0.05) is 194 Å². The van der Waals surface area contributed by atoms with E-state index in [0.717, 1.165) is 5.69 Å². The van der Waals surface area contributed by atoms with Gasteiger partial charge >= 0.3 is 0 Å². The zero-order valence-electron chi connectivity index (χ0n) is 34.6. The van der Waals surface area contributed by atoms with Crippen LogP contribution in [0.5, 0.6) is 0 Å². The van der Waals surface area contributed by atoms with Gasteiger partial charge in [-0.25, -0.2) is 0 Å². The molecule has 0 saturated carbocycles. The molecule has 0 fully saturated rings. The van der Waals surface area contributed by atoms with Gasteiger partial charge in [0, 0.05) is 32.9 Å². The molecule has 0 radical (unpaired) electrons. The largest absolute Gasteiger partial charge is 0.309 e. The Morgan fingerprint density at radius 1 is 0.222 bits per heavy atom. The van der Waals surface area contributed by atoms with Gasteiger partial charge in [0.2, 0.25) is 0 Å². The smallest absolute Gasteiger partial charge is 0.0701 e. The third kappa shape index (κ3) is 5.95. The molecule has 63 heavy (non-hydrogen) atoms. The Bertz CT molecular complexity index is 3490. The molecule has 2 heteroatoms. The fourth-order valence-corrected chi connectivity index (χ4v) is 10.2. The Labute approximate surface area is 367 Å². The summed E-state index contributed by atoms with van der Waals surface area (Å²) < 4.78 is 4.80. The SMILES string of the molecule is c1ccc(-n2c3ccccc3c3cc(-c4ccc5c(c4)c4ccccc4n5-c4cccc(-c5ccc(C(c6ccccc6)(c6ccccc6)c6ccccc6)cc5)c4)ccc32)cc1. The van der Waals surface area contributed by atoms with Crippen LogP contribution in [0, 0.1) is 0 Å². The Kier molecular flexibility index (Phi) is 8.76. The molecule has 0 unspecified atom stereocenters. The number of hydrogen-bond donors (Lipinski definition) is 0. The minimum Gasteiger partial charge on any atom is -0.309 e. The first-order chi connectivity index (χ1) is 31.3. The maximum Gasteiger partial charge on any atom is 0.0701 e.